The van der Waals surface area contributed by atoms with Crippen molar-refractivity contribution < 1.29 is 18.6 Å². The Labute approximate surface area is 181 Å². The van der Waals surface area contributed by atoms with Crippen LogP contribution in [0, 0.1) is 6.92 Å². The van der Waals surface area contributed by atoms with Crippen LogP contribution >= 0.6 is 0 Å². The van der Waals surface area contributed by atoms with Gasteiger partial charge in [-0.05, 0) is 55.4 Å². The molecule has 0 N–H and O–H groups in total. The van der Waals surface area contributed by atoms with Gasteiger partial charge >= 0.3 is 0 Å². The molecule has 1 aliphatic rings. The summed E-state index contributed by atoms with van der Waals surface area (Å²) in [5, 5.41) is 2.51. The number of hydrogen-bond acceptors (Lipinski definition) is 5. The van der Waals surface area contributed by atoms with Crippen LogP contribution in [0.25, 0.3) is 21.9 Å². The van der Waals surface area contributed by atoms with Crippen molar-refractivity contribution in [2.45, 2.75) is 26.4 Å². The van der Waals surface area contributed by atoms with E-state index < -0.39 is 0 Å². The third kappa shape index (κ3) is 3.13. The predicted octanol–water partition coefficient (Wildman–Crippen LogP) is 4.76. The van der Waals surface area contributed by atoms with Crippen LogP contribution in [0.3, 0.4) is 0 Å². The Hall–Kier alpha value is -3.12. The van der Waals surface area contributed by atoms with Gasteiger partial charge in [-0.3, -0.25) is 0 Å². The molecule has 3 heterocycles. The van der Waals surface area contributed by atoms with Crippen LogP contribution in [0.2, 0.25) is 0 Å². The number of hydrogen-bond donors (Lipinski definition) is 0. The number of aryl methyl sites for hydroxylation is 1. The first-order valence-corrected chi connectivity index (χ1v) is 10.5. The van der Waals surface area contributed by atoms with Crippen LogP contribution in [0.4, 0.5) is 0 Å². The second-order valence-corrected chi connectivity index (χ2v) is 8.26. The van der Waals surface area contributed by atoms with Crippen LogP contribution in [-0.2, 0) is 19.5 Å². The minimum Gasteiger partial charge on any atom is -0.493 e. The van der Waals surface area contributed by atoms with Crippen molar-refractivity contribution in [1.82, 2.24) is 9.47 Å². The molecule has 5 rings (SSSR count). The van der Waals surface area contributed by atoms with Gasteiger partial charge in [0.25, 0.3) is 0 Å². The van der Waals surface area contributed by atoms with Gasteiger partial charge in [0.15, 0.2) is 11.5 Å². The number of fused-ring (bicyclic) bond motifs is 5. The van der Waals surface area contributed by atoms with E-state index in [0.717, 1.165) is 43.0 Å². The highest BCUT2D eigenvalue weighted by atomic mass is 16.5. The number of methoxy groups -OCH3 is 3. The van der Waals surface area contributed by atoms with E-state index in [1.165, 1.54) is 27.5 Å². The third-order valence-electron chi connectivity index (χ3n) is 6.29. The quantitative estimate of drug-likeness (QED) is 0.466. The minimum atomic E-state index is 0.616. The molecule has 2 aromatic heterocycles. The maximum atomic E-state index is 5.94. The van der Waals surface area contributed by atoms with E-state index in [0.29, 0.717) is 17.2 Å². The molecule has 6 nitrogen and oxygen atoms in total. The molecule has 162 valence electrons. The second-order valence-electron chi connectivity index (χ2n) is 8.26. The zero-order valence-electron chi connectivity index (χ0n) is 18.7. The van der Waals surface area contributed by atoms with E-state index >= 15 is 0 Å². The number of aromatic nitrogens is 1. The normalized spacial score (nSPS) is 14.2. The number of benzene rings is 2. The number of nitrogens with zero attached hydrogens (tertiary/aromatic N) is 2. The van der Waals surface area contributed by atoms with Crippen molar-refractivity contribution in [3.8, 4) is 17.2 Å². The SMILES string of the molecule is COc1cc(Cn2c3c(c4c5cc(C)oc5ccc42)CN(C)CC3)cc(OC)c1OC. The van der Waals surface area contributed by atoms with Gasteiger partial charge in [-0.2, -0.15) is 0 Å². The van der Waals surface area contributed by atoms with Gasteiger partial charge in [-0.1, -0.05) is 0 Å². The molecule has 0 atom stereocenters. The number of rotatable bonds is 5. The van der Waals surface area contributed by atoms with E-state index in [-0.39, 0.29) is 0 Å². The maximum absolute atomic E-state index is 5.94. The molecule has 0 amide bonds. The topological polar surface area (TPSA) is 49.0 Å². The van der Waals surface area contributed by atoms with Gasteiger partial charge in [0.05, 0.1) is 21.3 Å². The summed E-state index contributed by atoms with van der Waals surface area (Å²) in [6.45, 7) is 4.73. The van der Waals surface area contributed by atoms with E-state index in [9.17, 15) is 0 Å². The van der Waals surface area contributed by atoms with Gasteiger partial charge in [0, 0.05) is 48.0 Å². The molecule has 0 fully saturated rings. The summed E-state index contributed by atoms with van der Waals surface area (Å²) in [5.41, 5.74) is 6.10. The number of furan rings is 1. The van der Waals surface area contributed by atoms with Crippen LogP contribution in [0.1, 0.15) is 22.6 Å². The third-order valence-corrected chi connectivity index (χ3v) is 6.29. The second kappa shape index (κ2) is 7.54. The Morgan fingerprint density at radius 3 is 2.42 bits per heavy atom. The summed E-state index contributed by atoms with van der Waals surface area (Å²) in [7, 11) is 7.13. The molecular formula is C25H28N2O4. The van der Waals surface area contributed by atoms with Crippen LogP contribution < -0.4 is 14.2 Å². The smallest absolute Gasteiger partial charge is 0.203 e. The molecule has 6 heteroatoms. The maximum Gasteiger partial charge on any atom is 0.203 e. The summed E-state index contributed by atoms with van der Waals surface area (Å²) < 4.78 is 25.0. The highest BCUT2D eigenvalue weighted by Gasteiger charge is 2.25. The standard InChI is InChI=1S/C25H28N2O4/c1-15-10-17-21(31-15)7-6-20-24(17)18-14-26(2)9-8-19(18)27(20)13-16-11-22(28-3)25(30-5)23(12-16)29-4/h6-7,10-12H,8-9,13-14H2,1-5H3. The largest absolute Gasteiger partial charge is 0.493 e. The number of ether oxygens (including phenoxy) is 3. The summed E-state index contributed by atoms with van der Waals surface area (Å²) in [6.07, 6.45) is 1.02. The summed E-state index contributed by atoms with van der Waals surface area (Å²) in [6, 6.07) is 10.5. The summed E-state index contributed by atoms with van der Waals surface area (Å²) >= 11 is 0. The van der Waals surface area contributed by atoms with E-state index in [1.807, 2.05) is 19.1 Å². The average molecular weight is 421 g/mol. The van der Waals surface area contributed by atoms with E-state index in [2.05, 4.69) is 34.7 Å². The molecule has 0 saturated heterocycles. The summed E-state index contributed by atoms with van der Waals surface area (Å²) in [4.78, 5) is 2.39. The molecule has 0 radical (unpaired) electrons. The van der Waals surface area contributed by atoms with Crippen molar-refractivity contribution in [2.75, 3.05) is 34.9 Å². The Morgan fingerprint density at radius 1 is 1.00 bits per heavy atom. The Balaban J connectivity index is 1.72. The monoisotopic (exact) mass is 420 g/mol. The van der Waals surface area contributed by atoms with Crippen LogP contribution in [0.15, 0.2) is 34.7 Å². The van der Waals surface area contributed by atoms with Crippen molar-refractivity contribution in [1.29, 1.82) is 0 Å². The van der Waals surface area contributed by atoms with Crippen molar-refractivity contribution in [2.24, 2.45) is 0 Å². The molecule has 1 aliphatic heterocycles. The fraction of sp³-hybridized carbons (Fsp3) is 0.360. The van der Waals surface area contributed by atoms with Crippen molar-refractivity contribution >= 4 is 21.9 Å². The van der Waals surface area contributed by atoms with E-state index in [1.54, 1.807) is 21.3 Å². The lowest BCUT2D eigenvalue weighted by Crippen LogP contribution is -2.27. The zero-order valence-corrected chi connectivity index (χ0v) is 18.7. The molecule has 0 aliphatic carbocycles. The predicted molar refractivity (Wildman–Crippen MR) is 122 cm³/mol. The lowest BCUT2D eigenvalue weighted by Gasteiger charge is -2.24. The highest BCUT2D eigenvalue weighted by Crippen LogP contribution is 2.40. The van der Waals surface area contributed by atoms with Crippen LogP contribution in [-0.4, -0.2) is 44.4 Å². The van der Waals surface area contributed by atoms with Gasteiger partial charge in [0.1, 0.15) is 11.3 Å². The molecular weight excluding hydrogens is 392 g/mol. The van der Waals surface area contributed by atoms with Crippen molar-refractivity contribution in [3.05, 3.63) is 52.9 Å². The Morgan fingerprint density at radius 2 is 1.74 bits per heavy atom. The molecule has 31 heavy (non-hydrogen) atoms. The van der Waals surface area contributed by atoms with Gasteiger partial charge in [0.2, 0.25) is 5.75 Å². The molecule has 0 saturated carbocycles. The Bertz CT molecular complexity index is 1260. The fourth-order valence-corrected chi connectivity index (χ4v) is 4.91. The molecule has 4 aromatic rings. The van der Waals surface area contributed by atoms with Gasteiger partial charge < -0.3 is 28.1 Å². The minimum absolute atomic E-state index is 0.616. The lowest BCUT2D eigenvalue weighted by atomic mass is 10.0. The molecule has 0 bridgehead atoms. The van der Waals surface area contributed by atoms with Crippen LogP contribution in [0.5, 0.6) is 17.2 Å². The first-order valence-electron chi connectivity index (χ1n) is 10.5. The van der Waals surface area contributed by atoms with E-state index in [4.69, 9.17) is 18.6 Å². The lowest BCUT2D eigenvalue weighted by molar-refractivity contribution is 0.309. The first-order chi connectivity index (χ1) is 15.0. The molecule has 0 unspecified atom stereocenters. The number of likely N-dealkylation sites (N-methyl/N-ethyl adjacent to an activating group) is 1. The Kier molecular flexibility index (Phi) is 4.82. The van der Waals surface area contributed by atoms with Gasteiger partial charge in [-0.15, -0.1) is 0 Å². The molecule has 0 spiro atoms. The molecule has 2 aromatic carbocycles. The summed E-state index contributed by atoms with van der Waals surface area (Å²) in [5.74, 6) is 2.91. The average Bonchev–Trinajstić information content (AvgIpc) is 3.29. The van der Waals surface area contributed by atoms with Crippen molar-refractivity contribution in [3.63, 3.8) is 0 Å². The zero-order chi connectivity index (χ0) is 21.7. The fourth-order valence-electron chi connectivity index (χ4n) is 4.91. The highest BCUT2D eigenvalue weighted by molar-refractivity contribution is 6.08. The van der Waals surface area contributed by atoms with Gasteiger partial charge in [-0.25, -0.2) is 0 Å². The first kappa shape index (κ1) is 19.8.